The molecule has 4 aromatic rings. The Hall–Kier alpha value is -2.90. The van der Waals surface area contributed by atoms with Crippen LogP contribution in [-0.2, 0) is 23.0 Å². The summed E-state index contributed by atoms with van der Waals surface area (Å²) < 4.78 is 30.4. The lowest BCUT2D eigenvalue weighted by Gasteiger charge is -2.08. The number of nitrogens with two attached hydrogens (primary N) is 1. The predicted molar refractivity (Wildman–Crippen MR) is 105 cm³/mol. The minimum Gasteiger partial charge on any atom is -0.497 e. The summed E-state index contributed by atoms with van der Waals surface area (Å²) in [6.45, 7) is 0.743. The molecule has 0 amide bonds. The number of nitrogens with zero attached hydrogens (tertiary/aromatic N) is 2. The lowest BCUT2D eigenvalue weighted by molar-refractivity contribution is 0.415. The first kappa shape index (κ1) is 17.5. The van der Waals surface area contributed by atoms with Crippen molar-refractivity contribution in [3.05, 3.63) is 66.4 Å². The number of benzene rings is 2. The van der Waals surface area contributed by atoms with Crippen molar-refractivity contribution in [2.75, 3.05) is 7.11 Å². The minimum absolute atomic E-state index is 0.124. The summed E-state index contributed by atoms with van der Waals surface area (Å²) in [5, 5.41) is 6.21. The second kappa shape index (κ2) is 6.68. The maximum Gasteiger partial charge on any atom is 0.238 e. The molecule has 0 saturated heterocycles. The van der Waals surface area contributed by atoms with E-state index in [2.05, 4.69) is 15.6 Å². The van der Waals surface area contributed by atoms with Crippen LogP contribution in [0, 0.1) is 0 Å². The molecule has 0 unspecified atom stereocenters. The molecule has 2 heterocycles. The molecule has 0 aliphatic heterocycles. The van der Waals surface area contributed by atoms with Crippen LogP contribution < -0.4 is 9.88 Å². The Morgan fingerprint density at radius 1 is 1.07 bits per heavy atom. The van der Waals surface area contributed by atoms with Gasteiger partial charge in [0.15, 0.2) is 0 Å². The summed E-state index contributed by atoms with van der Waals surface area (Å²) in [6, 6.07) is 16.7. The minimum atomic E-state index is -3.67. The maximum absolute atomic E-state index is 11.4. The summed E-state index contributed by atoms with van der Waals surface area (Å²) in [4.78, 5) is 4.67. The first-order valence-electron chi connectivity index (χ1n) is 8.50. The second-order valence-corrected chi connectivity index (χ2v) is 7.91. The van der Waals surface area contributed by atoms with E-state index in [0.29, 0.717) is 0 Å². The molecule has 0 bridgehead atoms. The Balaban J connectivity index is 1.71. The van der Waals surface area contributed by atoms with Gasteiger partial charge in [-0.1, -0.05) is 12.1 Å². The molecule has 138 valence electrons. The molecule has 0 saturated carbocycles. The Bertz CT molecular complexity index is 1230. The fraction of sp³-hybridized carbons (Fsp3) is 0.150. The molecule has 6 nitrogen and oxygen atoms in total. The van der Waals surface area contributed by atoms with Crippen LogP contribution in [-0.4, -0.2) is 25.1 Å². The van der Waals surface area contributed by atoms with Gasteiger partial charge in [0.2, 0.25) is 10.0 Å². The van der Waals surface area contributed by atoms with E-state index < -0.39 is 10.0 Å². The molecule has 4 rings (SSSR count). The van der Waals surface area contributed by atoms with Crippen molar-refractivity contribution in [3.63, 3.8) is 0 Å². The fourth-order valence-electron chi connectivity index (χ4n) is 3.35. The second-order valence-electron chi connectivity index (χ2n) is 6.34. The molecule has 0 spiro atoms. The zero-order valence-corrected chi connectivity index (χ0v) is 15.6. The van der Waals surface area contributed by atoms with Gasteiger partial charge >= 0.3 is 0 Å². The number of primary sulfonamides is 1. The molecule has 2 aromatic heterocycles. The van der Waals surface area contributed by atoms with Gasteiger partial charge in [0.25, 0.3) is 0 Å². The molecule has 0 aliphatic carbocycles. The van der Waals surface area contributed by atoms with E-state index in [1.165, 1.54) is 0 Å². The zero-order chi connectivity index (χ0) is 19.0. The van der Waals surface area contributed by atoms with Gasteiger partial charge in [0, 0.05) is 18.1 Å². The van der Waals surface area contributed by atoms with Crippen LogP contribution in [0.15, 0.2) is 65.7 Å². The summed E-state index contributed by atoms with van der Waals surface area (Å²) in [7, 11) is -2.02. The van der Waals surface area contributed by atoms with E-state index in [9.17, 15) is 8.42 Å². The van der Waals surface area contributed by atoms with Crippen LogP contribution in [0.1, 0.15) is 5.56 Å². The van der Waals surface area contributed by atoms with Crippen molar-refractivity contribution in [1.82, 2.24) is 9.55 Å². The quantitative estimate of drug-likeness (QED) is 0.575. The predicted octanol–water partition coefficient (Wildman–Crippen LogP) is 3.09. The third kappa shape index (κ3) is 3.27. The molecular formula is C20H19N3O3S. The van der Waals surface area contributed by atoms with Crippen LogP contribution in [0.4, 0.5) is 0 Å². The molecular weight excluding hydrogens is 362 g/mol. The molecule has 27 heavy (non-hydrogen) atoms. The van der Waals surface area contributed by atoms with Crippen molar-refractivity contribution in [3.8, 4) is 5.75 Å². The Morgan fingerprint density at radius 2 is 1.85 bits per heavy atom. The van der Waals surface area contributed by atoms with Crippen molar-refractivity contribution >= 4 is 32.0 Å². The SMILES string of the molecule is COc1ccc2c(c1)c1ncccc1n2CCc1ccc(S(N)(=O)=O)cc1. The monoisotopic (exact) mass is 381 g/mol. The van der Waals surface area contributed by atoms with Gasteiger partial charge < -0.3 is 9.30 Å². The topological polar surface area (TPSA) is 87.2 Å². The van der Waals surface area contributed by atoms with E-state index in [0.717, 1.165) is 46.2 Å². The highest BCUT2D eigenvalue weighted by Crippen LogP contribution is 2.30. The summed E-state index contributed by atoms with van der Waals surface area (Å²) in [6.07, 6.45) is 2.54. The van der Waals surface area contributed by atoms with Gasteiger partial charge in [-0.25, -0.2) is 13.6 Å². The molecule has 2 aromatic carbocycles. The van der Waals surface area contributed by atoms with Crippen molar-refractivity contribution in [2.24, 2.45) is 5.14 Å². The Labute approximate surface area is 157 Å². The number of sulfonamides is 1. The normalized spacial score (nSPS) is 11.9. The molecule has 0 radical (unpaired) electrons. The van der Waals surface area contributed by atoms with Gasteiger partial charge in [-0.2, -0.15) is 0 Å². The van der Waals surface area contributed by atoms with Crippen molar-refractivity contribution < 1.29 is 13.2 Å². The maximum atomic E-state index is 11.4. The van der Waals surface area contributed by atoms with Crippen molar-refractivity contribution in [2.45, 2.75) is 17.9 Å². The lowest BCUT2D eigenvalue weighted by Crippen LogP contribution is -2.12. The average Bonchev–Trinajstić information content (AvgIpc) is 2.99. The van der Waals surface area contributed by atoms with Gasteiger partial charge in [-0.3, -0.25) is 4.98 Å². The lowest BCUT2D eigenvalue weighted by atomic mass is 10.1. The molecule has 0 atom stereocenters. The number of hydrogen-bond donors (Lipinski definition) is 1. The fourth-order valence-corrected chi connectivity index (χ4v) is 3.86. The number of rotatable bonds is 5. The largest absolute Gasteiger partial charge is 0.497 e. The number of hydrogen-bond acceptors (Lipinski definition) is 4. The van der Waals surface area contributed by atoms with Crippen molar-refractivity contribution in [1.29, 1.82) is 0 Å². The highest BCUT2D eigenvalue weighted by molar-refractivity contribution is 7.89. The Kier molecular flexibility index (Phi) is 4.33. The van der Waals surface area contributed by atoms with E-state index in [1.54, 1.807) is 37.6 Å². The zero-order valence-electron chi connectivity index (χ0n) is 14.8. The molecule has 0 fully saturated rings. The van der Waals surface area contributed by atoms with Crippen LogP contribution in [0.3, 0.4) is 0 Å². The van der Waals surface area contributed by atoms with Crippen LogP contribution in [0.25, 0.3) is 21.9 Å². The van der Waals surface area contributed by atoms with Crippen LogP contribution >= 0.6 is 0 Å². The van der Waals surface area contributed by atoms with Gasteiger partial charge in [-0.05, 0) is 54.4 Å². The Morgan fingerprint density at radius 3 is 2.56 bits per heavy atom. The third-order valence-corrected chi connectivity index (χ3v) is 5.63. The number of ether oxygens (including phenoxy) is 1. The average molecular weight is 381 g/mol. The van der Waals surface area contributed by atoms with Gasteiger partial charge in [0.1, 0.15) is 5.75 Å². The number of aryl methyl sites for hydroxylation is 2. The molecule has 0 aliphatic rings. The van der Waals surface area contributed by atoms with Crippen LogP contribution in [0.2, 0.25) is 0 Å². The third-order valence-electron chi connectivity index (χ3n) is 4.70. The first-order chi connectivity index (χ1) is 13.0. The summed E-state index contributed by atoms with van der Waals surface area (Å²) in [5.74, 6) is 0.797. The molecule has 7 heteroatoms. The summed E-state index contributed by atoms with van der Waals surface area (Å²) >= 11 is 0. The van der Waals surface area contributed by atoms with Crippen LogP contribution in [0.5, 0.6) is 5.75 Å². The first-order valence-corrected chi connectivity index (χ1v) is 10.0. The number of methoxy groups -OCH3 is 1. The number of fused-ring (bicyclic) bond motifs is 3. The standard InChI is InChI=1S/C20H19N3O3S/c1-26-15-6-9-18-17(13-15)20-19(3-2-11-22-20)23(18)12-10-14-4-7-16(8-5-14)27(21,24)25/h2-9,11,13H,10,12H2,1H3,(H2,21,24,25). The smallest absolute Gasteiger partial charge is 0.238 e. The van der Waals surface area contributed by atoms with E-state index >= 15 is 0 Å². The number of aromatic nitrogens is 2. The molecule has 2 N–H and O–H groups in total. The van der Waals surface area contributed by atoms with E-state index in [1.807, 2.05) is 24.3 Å². The highest BCUT2D eigenvalue weighted by Gasteiger charge is 2.13. The van der Waals surface area contributed by atoms with E-state index in [-0.39, 0.29) is 4.90 Å². The van der Waals surface area contributed by atoms with Gasteiger partial charge in [0.05, 0.1) is 28.6 Å². The number of pyridine rings is 1. The van der Waals surface area contributed by atoms with Gasteiger partial charge in [-0.15, -0.1) is 0 Å². The summed E-state index contributed by atoms with van der Waals surface area (Å²) in [5.41, 5.74) is 4.12. The highest BCUT2D eigenvalue weighted by atomic mass is 32.2. The van der Waals surface area contributed by atoms with E-state index in [4.69, 9.17) is 9.88 Å².